The summed E-state index contributed by atoms with van der Waals surface area (Å²) in [6.45, 7) is 5.37. The van der Waals surface area contributed by atoms with Crippen LogP contribution in [-0.4, -0.2) is 37.8 Å². The second-order valence-corrected chi connectivity index (χ2v) is 7.87. The summed E-state index contributed by atoms with van der Waals surface area (Å²) >= 11 is 0. The van der Waals surface area contributed by atoms with Crippen LogP contribution in [0.1, 0.15) is 38.2 Å². The van der Waals surface area contributed by atoms with Gasteiger partial charge in [-0.05, 0) is 24.5 Å². The highest BCUT2D eigenvalue weighted by Gasteiger charge is 2.59. The standard InChI is InChI=1S/C19H26FN3O/c1-19(2)16(12-8-9-24-17(12)19)23-18(21-3)22-15-10-13(15)11-6-4-5-7-14(11)20/h4-7,12-13,15-17H,8-10H2,1-3H3,(H2,21,22,23). The predicted octanol–water partition coefficient (Wildman–Crippen LogP) is 2.66. The van der Waals surface area contributed by atoms with E-state index in [1.807, 2.05) is 12.1 Å². The van der Waals surface area contributed by atoms with Crippen molar-refractivity contribution in [3.05, 3.63) is 35.6 Å². The molecule has 24 heavy (non-hydrogen) atoms. The lowest BCUT2D eigenvalue weighted by Crippen LogP contribution is -2.68. The van der Waals surface area contributed by atoms with E-state index >= 15 is 0 Å². The van der Waals surface area contributed by atoms with E-state index in [2.05, 4.69) is 29.5 Å². The predicted molar refractivity (Wildman–Crippen MR) is 92.6 cm³/mol. The first-order valence-electron chi connectivity index (χ1n) is 8.88. The molecule has 0 amide bonds. The van der Waals surface area contributed by atoms with Crippen molar-refractivity contribution in [3.63, 3.8) is 0 Å². The summed E-state index contributed by atoms with van der Waals surface area (Å²) in [6.07, 6.45) is 2.43. The molecule has 1 saturated heterocycles. The number of halogens is 1. The lowest BCUT2D eigenvalue weighted by molar-refractivity contribution is -0.106. The molecular formula is C19H26FN3O. The van der Waals surface area contributed by atoms with Gasteiger partial charge in [0.05, 0.1) is 6.10 Å². The molecule has 1 aliphatic heterocycles. The van der Waals surface area contributed by atoms with Gasteiger partial charge in [0.15, 0.2) is 5.96 Å². The van der Waals surface area contributed by atoms with Crippen LogP contribution >= 0.6 is 0 Å². The number of fused-ring (bicyclic) bond motifs is 1. The van der Waals surface area contributed by atoms with Crippen LogP contribution in [0.25, 0.3) is 0 Å². The van der Waals surface area contributed by atoms with Crippen LogP contribution in [0.2, 0.25) is 0 Å². The first kappa shape index (κ1) is 15.9. The normalized spacial score (nSPS) is 36.7. The number of nitrogens with zero attached hydrogens (tertiary/aromatic N) is 1. The van der Waals surface area contributed by atoms with Crippen molar-refractivity contribution in [3.8, 4) is 0 Å². The Labute approximate surface area is 142 Å². The zero-order valence-corrected chi connectivity index (χ0v) is 14.6. The second kappa shape index (κ2) is 5.73. The number of aliphatic imine (C=N–C) groups is 1. The van der Waals surface area contributed by atoms with Gasteiger partial charge in [-0.2, -0.15) is 0 Å². The summed E-state index contributed by atoms with van der Waals surface area (Å²) in [7, 11) is 1.80. The highest BCUT2D eigenvalue weighted by atomic mass is 19.1. The minimum Gasteiger partial charge on any atom is -0.377 e. The van der Waals surface area contributed by atoms with Crippen LogP contribution in [0.15, 0.2) is 29.3 Å². The average Bonchev–Trinajstić information content (AvgIpc) is 3.16. The molecule has 3 aliphatic rings. The van der Waals surface area contributed by atoms with E-state index in [0.717, 1.165) is 31.0 Å². The van der Waals surface area contributed by atoms with Crippen molar-refractivity contribution in [2.24, 2.45) is 16.3 Å². The van der Waals surface area contributed by atoms with Gasteiger partial charge in [-0.15, -0.1) is 0 Å². The molecule has 5 atom stereocenters. The Morgan fingerprint density at radius 2 is 2.08 bits per heavy atom. The van der Waals surface area contributed by atoms with Gasteiger partial charge >= 0.3 is 0 Å². The lowest BCUT2D eigenvalue weighted by atomic mass is 9.57. The SMILES string of the molecule is CN=C(NC1CC1c1ccccc1F)NC1C2CCOC2C1(C)C. The van der Waals surface area contributed by atoms with E-state index in [-0.39, 0.29) is 23.2 Å². The zero-order valence-electron chi connectivity index (χ0n) is 14.6. The van der Waals surface area contributed by atoms with Gasteiger partial charge in [-0.3, -0.25) is 4.99 Å². The summed E-state index contributed by atoms with van der Waals surface area (Å²) in [4.78, 5) is 4.38. The number of rotatable bonds is 3. The number of guanidine groups is 1. The van der Waals surface area contributed by atoms with Crippen molar-refractivity contribution in [2.45, 2.75) is 50.8 Å². The Morgan fingerprint density at radius 3 is 2.83 bits per heavy atom. The Morgan fingerprint density at radius 1 is 1.29 bits per heavy atom. The molecule has 5 unspecified atom stereocenters. The number of ether oxygens (including phenoxy) is 1. The maximum atomic E-state index is 13.9. The van der Waals surface area contributed by atoms with Crippen molar-refractivity contribution in [1.82, 2.24) is 10.6 Å². The van der Waals surface area contributed by atoms with Crippen LogP contribution in [0.5, 0.6) is 0 Å². The van der Waals surface area contributed by atoms with Gasteiger partial charge in [0, 0.05) is 43.0 Å². The third-order valence-electron chi connectivity index (χ3n) is 6.03. The fourth-order valence-electron chi connectivity index (χ4n) is 4.58. The van der Waals surface area contributed by atoms with Gasteiger partial charge in [0.1, 0.15) is 5.82 Å². The maximum absolute atomic E-state index is 13.9. The smallest absolute Gasteiger partial charge is 0.191 e. The Bertz CT molecular complexity index is 660. The summed E-state index contributed by atoms with van der Waals surface area (Å²) in [5.74, 6) is 1.52. The molecule has 0 bridgehead atoms. The quantitative estimate of drug-likeness (QED) is 0.661. The number of hydrogen-bond donors (Lipinski definition) is 2. The lowest BCUT2D eigenvalue weighted by Gasteiger charge is -2.54. The van der Waals surface area contributed by atoms with Gasteiger partial charge < -0.3 is 15.4 Å². The summed E-state index contributed by atoms with van der Waals surface area (Å²) in [5.41, 5.74) is 0.923. The summed E-state index contributed by atoms with van der Waals surface area (Å²) in [5, 5.41) is 7.05. The molecular weight excluding hydrogens is 305 g/mol. The Balaban J connectivity index is 1.37. The van der Waals surface area contributed by atoms with Gasteiger partial charge in [-0.1, -0.05) is 32.0 Å². The number of nitrogens with one attached hydrogen (secondary N) is 2. The second-order valence-electron chi connectivity index (χ2n) is 7.87. The topological polar surface area (TPSA) is 45.7 Å². The molecule has 2 aliphatic carbocycles. The molecule has 1 aromatic rings. The van der Waals surface area contributed by atoms with E-state index in [0.29, 0.717) is 18.1 Å². The molecule has 5 heteroatoms. The third-order valence-corrected chi connectivity index (χ3v) is 6.03. The van der Waals surface area contributed by atoms with Crippen LogP contribution < -0.4 is 10.6 Å². The van der Waals surface area contributed by atoms with Crippen LogP contribution in [-0.2, 0) is 4.74 Å². The van der Waals surface area contributed by atoms with E-state index in [1.54, 1.807) is 13.1 Å². The highest BCUT2D eigenvalue weighted by Crippen LogP contribution is 2.52. The van der Waals surface area contributed by atoms with Gasteiger partial charge in [0.2, 0.25) is 0 Å². The van der Waals surface area contributed by atoms with Gasteiger partial charge in [0.25, 0.3) is 0 Å². The molecule has 2 N–H and O–H groups in total. The fraction of sp³-hybridized carbons (Fsp3) is 0.632. The van der Waals surface area contributed by atoms with Crippen LogP contribution in [0, 0.1) is 17.2 Å². The van der Waals surface area contributed by atoms with Crippen molar-refractivity contribution < 1.29 is 9.13 Å². The number of hydrogen-bond acceptors (Lipinski definition) is 2. The minimum absolute atomic E-state index is 0.110. The molecule has 130 valence electrons. The molecule has 0 spiro atoms. The fourth-order valence-corrected chi connectivity index (χ4v) is 4.58. The van der Waals surface area contributed by atoms with Crippen molar-refractivity contribution in [1.29, 1.82) is 0 Å². The van der Waals surface area contributed by atoms with Crippen molar-refractivity contribution >= 4 is 5.96 Å². The third kappa shape index (κ3) is 2.50. The van der Waals surface area contributed by atoms with E-state index in [1.165, 1.54) is 6.07 Å². The zero-order chi connectivity index (χ0) is 16.9. The molecule has 4 rings (SSSR count). The molecule has 0 aromatic heterocycles. The van der Waals surface area contributed by atoms with E-state index in [9.17, 15) is 4.39 Å². The Hall–Kier alpha value is -1.62. The maximum Gasteiger partial charge on any atom is 0.191 e. The molecule has 2 saturated carbocycles. The molecule has 4 nitrogen and oxygen atoms in total. The van der Waals surface area contributed by atoms with Gasteiger partial charge in [-0.25, -0.2) is 4.39 Å². The summed E-state index contributed by atoms with van der Waals surface area (Å²) < 4.78 is 19.8. The molecule has 1 aromatic carbocycles. The minimum atomic E-state index is -0.110. The number of benzene rings is 1. The monoisotopic (exact) mass is 331 g/mol. The Kier molecular flexibility index (Phi) is 3.79. The van der Waals surface area contributed by atoms with Crippen LogP contribution in [0.3, 0.4) is 0 Å². The average molecular weight is 331 g/mol. The summed E-state index contributed by atoms with van der Waals surface area (Å²) in [6, 6.07) is 7.69. The highest BCUT2D eigenvalue weighted by molar-refractivity contribution is 5.81. The first-order valence-corrected chi connectivity index (χ1v) is 8.88. The van der Waals surface area contributed by atoms with Crippen LogP contribution in [0.4, 0.5) is 4.39 Å². The molecule has 1 heterocycles. The largest absolute Gasteiger partial charge is 0.377 e. The van der Waals surface area contributed by atoms with E-state index < -0.39 is 0 Å². The first-order chi connectivity index (χ1) is 11.5. The molecule has 0 radical (unpaired) electrons. The van der Waals surface area contributed by atoms with Crippen molar-refractivity contribution in [2.75, 3.05) is 13.7 Å². The molecule has 3 fully saturated rings. The van der Waals surface area contributed by atoms with E-state index in [4.69, 9.17) is 4.74 Å².